The van der Waals surface area contributed by atoms with Crippen molar-refractivity contribution < 1.29 is 4.21 Å². The third-order valence-corrected chi connectivity index (χ3v) is 5.87. The van der Waals surface area contributed by atoms with E-state index in [1.54, 1.807) is 0 Å². The molecule has 0 aromatic heterocycles. The number of aryl methyl sites for hydroxylation is 2. The minimum Gasteiger partial charge on any atom is -0.327 e. The van der Waals surface area contributed by atoms with Gasteiger partial charge in [0, 0.05) is 22.6 Å². The topological polar surface area (TPSA) is 43.1 Å². The summed E-state index contributed by atoms with van der Waals surface area (Å²) in [5, 5.41) is 0.171. The number of rotatable bonds is 3. The maximum Gasteiger partial charge on any atom is 0.0504 e. The molecule has 2 nitrogen and oxygen atoms in total. The van der Waals surface area contributed by atoms with Crippen LogP contribution in [-0.2, 0) is 16.6 Å². The normalized spacial score (nSPS) is 29.2. The van der Waals surface area contributed by atoms with Crippen LogP contribution in [0.3, 0.4) is 0 Å². The van der Waals surface area contributed by atoms with Gasteiger partial charge in [0.05, 0.1) is 5.25 Å². The predicted octanol–water partition coefficient (Wildman–Crippen LogP) is 3.07. The fraction of sp³-hybridized carbons (Fsp3) is 0.625. The Hall–Kier alpha value is -0.670. The van der Waals surface area contributed by atoms with Crippen LogP contribution in [0.1, 0.15) is 42.9 Å². The quantitative estimate of drug-likeness (QED) is 0.924. The van der Waals surface area contributed by atoms with Crippen LogP contribution < -0.4 is 5.73 Å². The largest absolute Gasteiger partial charge is 0.327 e. The highest BCUT2D eigenvalue weighted by Crippen LogP contribution is 2.27. The van der Waals surface area contributed by atoms with Gasteiger partial charge in [-0.15, -0.1) is 0 Å². The Morgan fingerprint density at radius 1 is 1.21 bits per heavy atom. The summed E-state index contributed by atoms with van der Waals surface area (Å²) in [7, 11) is -0.850. The molecule has 1 aliphatic carbocycles. The molecule has 4 unspecified atom stereocenters. The highest BCUT2D eigenvalue weighted by Gasteiger charge is 2.30. The summed E-state index contributed by atoms with van der Waals surface area (Å²) >= 11 is 0. The third kappa shape index (κ3) is 3.90. The summed E-state index contributed by atoms with van der Waals surface area (Å²) in [5.74, 6) is 1.31. The smallest absolute Gasteiger partial charge is 0.0504 e. The molecule has 1 aromatic rings. The predicted molar refractivity (Wildman–Crippen MR) is 82.5 cm³/mol. The molecule has 0 bridgehead atoms. The molecule has 19 heavy (non-hydrogen) atoms. The third-order valence-electron chi connectivity index (χ3n) is 4.03. The lowest BCUT2D eigenvalue weighted by molar-refractivity contribution is 0.353. The van der Waals surface area contributed by atoms with Gasteiger partial charge in [-0.1, -0.05) is 36.2 Å². The van der Waals surface area contributed by atoms with Gasteiger partial charge in [-0.25, -0.2) is 0 Å². The first-order valence-electron chi connectivity index (χ1n) is 7.15. The molecule has 0 saturated heterocycles. The van der Waals surface area contributed by atoms with E-state index in [1.165, 1.54) is 23.1 Å². The van der Waals surface area contributed by atoms with Crippen molar-refractivity contribution in [2.75, 3.05) is 0 Å². The maximum absolute atomic E-state index is 12.6. The Bertz CT molecular complexity index is 452. The van der Waals surface area contributed by atoms with E-state index in [9.17, 15) is 4.21 Å². The second-order valence-electron chi connectivity index (χ2n) is 6.14. The van der Waals surface area contributed by atoms with Gasteiger partial charge in [-0.3, -0.25) is 4.21 Å². The van der Waals surface area contributed by atoms with Crippen molar-refractivity contribution in [2.45, 2.75) is 57.1 Å². The Morgan fingerprint density at radius 3 is 2.47 bits per heavy atom. The van der Waals surface area contributed by atoms with Gasteiger partial charge in [0.25, 0.3) is 0 Å². The molecule has 0 spiro atoms. The highest BCUT2D eigenvalue weighted by atomic mass is 32.2. The van der Waals surface area contributed by atoms with Crippen molar-refractivity contribution in [1.82, 2.24) is 0 Å². The van der Waals surface area contributed by atoms with E-state index >= 15 is 0 Å². The first-order valence-corrected chi connectivity index (χ1v) is 8.54. The van der Waals surface area contributed by atoms with E-state index in [-0.39, 0.29) is 11.3 Å². The van der Waals surface area contributed by atoms with E-state index in [2.05, 4.69) is 39.0 Å². The molecule has 3 heteroatoms. The summed E-state index contributed by atoms with van der Waals surface area (Å²) in [6, 6.07) is 6.55. The summed E-state index contributed by atoms with van der Waals surface area (Å²) in [4.78, 5) is 0. The molecule has 4 atom stereocenters. The summed E-state index contributed by atoms with van der Waals surface area (Å²) in [6.45, 7) is 6.43. The summed E-state index contributed by atoms with van der Waals surface area (Å²) in [6.07, 6.45) is 3.21. The Labute approximate surface area is 119 Å². The lowest BCUT2D eigenvalue weighted by atomic mass is 9.87. The fourth-order valence-electron chi connectivity index (χ4n) is 3.08. The molecule has 2 N–H and O–H groups in total. The number of nitrogens with two attached hydrogens (primary N) is 1. The standard InChI is InChI=1S/C16H25NOS/c1-11-4-5-15(17)16(9-11)19(18)10-14-7-12(2)6-13(3)8-14/h6-8,11,15-16H,4-5,9-10,17H2,1-3H3. The average molecular weight is 279 g/mol. The SMILES string of the molecule is Cc1cc(C)cc(CS(=O)C2CC(C)CCC2N)c1. The molecule has 2 rings (SSSR count). The van der Waals surface area contributed by atoms with Gasteiger partial charge >= 0.3 is 0 Å². The zero-order chi connectivity index (χ0) is 14.0. The summed E-state index contributed by atoms with van der Waals surface area (Å²) < 4.78 is 12.6. The Morgan fingerprint density at radius 2 is 1.84 bits per heavy atom. The molecule has 106 valence electrons. The molecule has 0 heterocycles. The minimum absolute atomic E-state index is 0.114. The maximum atomic E-state index is 12.6. The minimum atomic E-state index is -0.850. The molecule has 0 radical (unpaired) electrons. The van der Waals surface area contributed by atoms with E-state index in [1.807, 2.05) is 0 Å². The molecule has 1 fully saturated rings. The Kier molecular flexibility index (Phi) is 4.80. The molecule has 1 aromatic carbocycles. The van der Waals surface area contributed by atoms with Gasteiger partial charge < -0.3 is 5.73 Å². The zero-order valence-corrected chi connectivity index (χ0v) is 13.0. The van der Waals surface area contributed by atoms with Crippen LogP contribution in [0, 0.1) is 19.8 Å². The fourth-order valence-corrected chi connectivity index (χ4v) is 4.86. The summed E-state index contributed by atoms with van der Waals surface area (Å²) in [5.41, 5.74) is 9.83. The molecule has 0 amide bonds. The number of benzene rings is 1. The number of hydrogen-bond donors (Lipinski definition) is 1. The lowest BCUT2D eigenvalue weighted by Gasteiger charge is -2.31. The van der Waals surface area contributed by atoms with Gasteiger partial charge in [-0.2, -0.15) is 0 Å². The lowest BCUT2D eigenvalue weighted by Crippen LogP contribution is -2.42. The van der Waals surface area contributed by atoms with Crippen molar-refractivity contribution in [1.29, 1.82) is 0 Å². The second kappa shape index (κ2) is 6.19. The van der Waals surface area contributed by atoms with Gasteiger partial charge in [0.2, 0.25) is 0 Å². The first kappa shape index (κ1) is 14.7. The van der Waals surface area contributed by atoms with Crippen LogP contribution in [0.25, 0.3) is 0 Å². The Balaban J connectivity index is 2.07. The van der Waals surface area contributed by atoms with E-state index in [4.69, 9.17) is 5.73 Å². The van der Waals surface area contributed by atoms with Crippen LogP contribution in [0.2, 0.25) is 0 Å². The van der Waals surface area contributed by atoms with Crippen LogP contribution in [0.15, 0.2) is 18.2 Å². The van der Waals surface area contributed by atoms with Crippen LogP contribution in [-0.4, -0.2) is 15.5 Å². The molecular weight excluding hydrogens is 254 g/mol. The number of hydrogen-bond acceptors (Lipinski definition) is 2. The molecule has 1 aliphatic rings. The van der Waals surface area contributed by atoms with Crippen molar-refractivity contribution >= 4 is 10.8 Å². The first-order chi connectivity index (χ1) is 8.95. The monoisotopic (exact) mass is 279 g/mol. The van der Waals surface area contributed by atoms with Crippen LogP contribution in [0.5, 0.6) is 0 Å². The molecule has 0 aliphatic heterocycles. The van der Waals surface area contributed by atoms with E-state index < -0.39 is 10.8 Å². The van der Waals surface area contributed by atoms with E-state index in [0.29, 0.717) is 11.7 Å². The molecular formula is C16H25NOS. The van der Waals surface area contributed by atoms with Gasteiger partial charge in [0.1, 0.15) is 0 Å². The van der Waals surface area contributed by atoms with Crippen molar-refractivity contribution in [2.24, 2.45) is 11.7 Å². The average Bonchev–Trinajstić information content (AvgIpc) is 2.30. The van der Waals surface area contributed by atoms with Crippen molar-refractivity contribution in [3.8, 4) is 0 Å². The van der Waals surface area contributed by atoms with Gasteiger partial charge in [-0.05, 0) is 44.6 Å². The van der Waals surface area contributed by atoms with Gasteiger partial charge in [0.15, 0.2) is 0 Å². The van der Waals surface area contributed by atoms with Crippen LogP contribution >= 0.6 is 0 Å². The second-order valence-corrected chi connectivity index (χ2v) is 7.80. The zero-order valence-electron chi connectivity index (χ0n) is 12.2. The van der Waals surface area contributed by atoms with Crippen LogP contribution in [0.4, 0.5) is 0 Å². The van der Waals surface area contributed by atoms with Crippen molar-refractivity contribution in [3.63, 3.8) is 0 Å². The van der Waals surface area contributed by atoms with Crippen molar-refractivity contribution in [3.05, 3.63) is 34.9 Å². The highest BCUT2D eigenvalue weighted by molar-refractivity contribution is 7.84. The molecule has 1 saturated carbocycles. The van der Waals surface area contributed by atoms with E-state index in [0.717, 1.165) is 12.8 Å².